The molecule has 1 heterocycles. The first-order valence-corrected chi connectivity index (χ1v) is 5.73. The van der Waals surface area contributed by atoms with Gasteiger partial charge in [-0.2, -0.15) is 5.10 Å². The lowest BCUT2D eigenvalue weighted by atomic mass is 10.1. The molecule has 0 aliphatic carbocycles. The van der Waals surface area contributed by atoms with Crippen molar-refractivity contribution in [2.45, 2.75) is 13.0 Å². The molecule has 6 nitrogen and oxygen atoms in total. The highest BCUT2D eigenvalue weighted by Gasteiger charge is 2.14. The molecule has 2 rings (SSSR count). The lowest BCUT2D eigenvalue weighted by Crippen LogP contribution is -2.17. The maximum absolute atomic E-state index is 8.72. The fraction of sp³-hybridized carbons (Fsp3) is 0.154. The van der Waals surface area contributed by atoms with E-state index in [1.54, 1.807) is 6.07 Å². The van der Waals surface area contributed by atoms with Gasteiger partial charge in [0.25, 0.3) is 0 Å². The third-order valence-electron chi connectivity index (χ3n) is 2.63. The van der Waals surface area contributed by atoms with Crippen molar-refractivity contribution in [2.75, 3.05) is 0 Å². The van der Waals surface area contributed by atoms with Crippen LogP contribution in [0.2, 0.25) is 0 Å². The molecule has 0 aliphatic heterocycles. The van der Waals surface area contributed by atoms with Crippen molar-refractivity contribution in [2.24, 2.45) is 10.9 Å². The summed E-state index contributed by atoms with van der Waals surface area (Å²) in [5.41, 5.74) is 6.96. The predicted molar refractivity (Wildman–Crippen MR) is 70.0 cm³/mol. The summed E-state index contributed by atoms with van der Waals surface area (Å²) in [6, 6.07) is 11.3. The Morgan fingerprint density at radius 3 is 2.74 bits per heavy atom. The molecular weight excluding hydrogens is 244 g/mol. The van der Waals surface area contributed by atoms with Crippen LogP contribution in [0.3, 0.4) is 0 Å². The van der Waals surface area contributed by atoms with Crippen molar-refractivity contribution >= 4 is 5.84 Å². The van der Waals surface area contributed by atoms with Crippen LogP contribution in [0.15, 0.2) is 47.8 Å². The first-order chi connectivity index (χ1) is 9.22. The van der Waals surface area contributed by atoms with Crippen molar-refractivity contribution in [3.8, 4) is 5.88 Å². The molecule has 1 aromatic carbocycles. The predicted octanol–water partition coefficient (Wildman–Crippen LogP) is 1.71. The Bertz CT molecular complexity index is 572. The molecule has 0 fully saturated rings. The molecular formula is C13H14N4O2. The van der Waals surface area contributed by atoms with Crippen LogP contribution >= 0.6 is 0 Å². The first-order valence-electron chi connectivity index (χ1n) is 5.73. The Morgan fingerprint density at radius 1 is 1.32 bits per heavy atom. The summed E-state index contributed by atoms with van der Waals surface area (Å²) >= 11 is 0. The summed E-state index contributed by atoms with van der Waals surface area (Å²) < 4.78 is 5.71. The molecule has 98 valence electrons. The summed E-state index contributed by atoms with van der Waals surface area (Å²) in [5.74, 6) is 0.166. The average Bonchev–Trinajstić information content (AvgIpc) is 2.48. The van der Waals surface area contributed by atoms with E-state index in [0.29, 0.717) is 5.56 Å². The number of hydrogen-bond acceptors (Lipinski definition) is 5. The van der Waals surface area contributed by atoms with E-state index in [0.717, 1.165) is 5.56 Å². The summed E-state index contributed by atoms with van der Waals surface area (Å²) in [5, 5.41) is 19.3. The quantitative estimate of drug-likeness (QED) is 0.377. The standard InChI is InChI=1S/C13H14N4O2/c1-9(10-5-3-2-4-6-10)19-13-11(12(14)17-18)7-8-15-16-13/h2-9,18H,1H3,(H2,14,17). The van der Waals surface area contributed by atoms with Gasteiger partial charge in [-0.1, -0.05) is 35.5 Å². The van der Waals surface area contributed by atoms with Crippen LogP contribution in [-0.2, 0) is 0 Å². The smallest absolute Gasteiger partial charge is 0.245 e. The molecule has 0 radical (unpaired) electrons. The number of nitrogens with two attached hydrogens (primary N) is 1. The Labute approximate surface area is 110 Å². The maximum atomic E-state index is 8.72. The van der Waals surface area contributed by atoms with Gasteiger partial charge in [-0.15, -0.1) is 5.10 Å². The van der Waals surface area contributed by atoms with Gasteiger partial charge in [0, 0.05) is 0 Å². The van der Waals surface area contributed by atoms with Crippen molar-refractivity contribution in [3.05, 3.63) is 53.7 Å². The van der Waals surface area contributed by atoms with Gasteiger partial charge in [-0.25, -0.2) is 0 Å². The molecule has 0 amide bonds. The monoisotopic (exact) mass is 258 g/mol. The molecule has 0 spiro atoms. The van der Waals surface area contributed by atoms with Crippen LogP contribution in [0.1, 0.15) is 24.2 Å². The SMILES string of the molecule is CC(Oc1nnccc1/C(N)=N/O)c1ccccc1. The van der Waals surface area contributed by atoms with Gasteiger partial charge in [0.05, 0.1) is 11.8 Å². The van der Waals surface area contributed by atoms with E-state index in [1.807, 2.05) is 37.3 Å². The second-order valence-electron chi connectivity index (χ2n) is 3.91. The minimum atomic E-state index is -0.219. The zero-order valence-corrected chi connectivity index (χ0v) is 10.4. The second kappa shape index (κ2) is 5.81. The number of benzene rings is 1. The molecule has 1 atom stereocenters. The van der Waals surface area contributed by atoms with Gasteiger partial charge in [0.2, 0.25) is 5.88 Å². The first kappa shape index (κ1) is 12.8. The van der Waals surface area contributed by atoms with Gasteiger partial charge >= 0.3 is 0 Å². The number of oxime groups is 1. The molecule has 3 N–H and O–H groups in total. The number of nitrogens with zero attached hydrogens (tertiary/aromatic N) is 3. The minimum Gasteiger partial charge on any atom is -0.468 e. The van der Waals surface area contributed by atoms with Crippen molar-refractivity contribution in [3.63, 3.8) is 0 Å². The summed E-state index contributed by atoms with van der Waals surface area (Å²) in [7, 11) is 0. The van der Waals surface area contributed by atoms with Crippen LogP contribution in [0, 0.1) is 0 Å². The second-order valence-corrected chi connectivity index (χ2v) is 3.91. The highest BCUT2D eigenvalue weighted by molar-refractivity contribution is 5.98. The highest BCUT2D eigenvalue weighted by atomic mass is 16.5. The number of hydrogen-bond donors (Lipinski definition) is 2. The Hall–Kier alpha value is -2.63. The zero-order chi connectivity index (χ0) is 13.7. The number of amidine groups is 1. The van der Waals surface area contributed by atoms with Crippen LogP contribution in [0.5, 0.6) is 5.88 Å². The van der Waals surface area contributed by atoms with Gasteiger partial charge in [0.1, 0.15) is 6.10 Å². The Morgan fingerprint density at radius 2 is 2.05 bits per heavy atom. The summed E-state index contributed by atoms with van der Waals surface area (Å²) in [6.45, 7) is 1.89. The third-order valence-corrected chi connectivity index (χ3v) is 2.63. The van der Waals surface area contributed by atoms with Crippen molar-refractivity contribution < 1.29 is 9.94 Å². The molecule has 2 aromatic rings. The lowest BCUT2D eigenvalue weighted by Gasteiger charge is -2.15. The van der Waals surface area contributed by atoms with E-state index in [-0.39, 0.29) is 17.8 Å². The van der Waals surface area contributed by atoms with E-state index in [1.165, 1.54) is 6.20 Å². The highest BCUT2D eigenvalue weighted by Crippen LogP contribution is 2.22. The van der Waals surface area contributed by atoms with Crippen LogP contribution < -0.4 is 10.5 Å². The molecule has 0 aliphatic rings. The van der Waals surface area contributed by atoms with Crippen molar-refractivity contribution in [1.82, 2.24) is 10.2 Å². The zero-order valence-electron chi connectivity index (χ0n) is 10.4. The normalized spacial score (nSPS) is 13.0. The average molecular weight is 258 g/mol. The molecule has 19 heavy (non-hydrogen) atoms. The van der Waals surface area contributed by atoms with E-state index in [2.05, 4.69) is 15.4 Å². The van der Waals surface area contributed by atoms with Crippen LogP contribution in [0.25, 0.3) is 0 Å². The molecule has 0 saturated heterocycles. The fourth-order valence-electron chi connectivity index (χ4n) is 1.61. The Kier molecular flexibility index (Phi) is 3.92. The lowest BCUT2D eigenvalue weighted by molar-refractivity contribution is 0.214. The van der Waals surface area contributed by atoms with Crippen molar-refractivity contribution in [1.29, 1.82) is 0 Å². The minimum absolute atomic E-state index is 0.0647. The molecule has 0 bridgehead atoms. The molecule has 1 aromatic heterocycles. The van der Waals surface area contributed by atoms with Crippen LogP contribution in [0.4, 0.5) is 0 Å². The maximum Gasteiger partial charge on any atom is 0.245 e. The van der Waals surface area contributed by atoms with E-state index < -0.39 is 0 Å². The van der Waals surface area contributed by atoms with E-state index in [9.17, 15) is 0 Å². The largest absolute Gasteiger partial charge is 0.468 e. The molecule has 1 unspecified atom stereocenters. The number of aromatic nitrogens is 2. The molecule has 0 saturated carbocycles. The van der Waals surface area contributed by atoms with Gasteiger partial charge in [-0.3, -0.25) is 0 Å². The fourth-order valence-corrected chi connectivity index (χ4v) is 1.61. The third kappa shape index (κ3) is 2.98. The number of ether oxygens (including phenoxy) is 1. The van der Waals surface area contributed by atoms with Gasteiger partial charge in [0.15, 0.2) is 5.84 Å². The summed E-state index contributed by atoms with van der Waals surface area (Å²) in [4.78, 5) is 0. The molecule has 6 heteroatoms. The van der Waals surface area contributed by atoms with E-state index in [4.69, 9.17) is 15.7 Å². The van der Waals surface area contributed by atoms with Gasteiger partial charge < -0.3 is 15.7 Å². The summed E-state index contributed by atoms with van der Waals surface area (Å²) in [6.07, 6.45) is 1.23. The van der Waals surface area contributed by atoms with Gasteiger partial charge in [-0.05, 0) is 18.6 Å². The van der Waals surface area contributed by atoms with E-state index >= 15 is 0 Å². The Balaban J connectivity index is 2.24. The van der Waals surface area contributed by atoms with Crippen LogP contribution in [-0.4, -0.2) is 21.2 Å². The topological polar surface area (TPSA) is 93.6 Å². The number of rotatable bonds is 4.